The second-order valence-electron chi connectivity index (χ2n) is 9.90. The largest absolute Gasteiger partial charge is 0.382 e. The lowest BCUT2D eigenvalue weighted by Crippen LogP contribution is -2.41. The summed E-state index contributed by atoms with van der Waals surface area (Å²) in [6, 6.07) is 7.53. The Bertz CT molecular complexity index is 1490. The molecule has 4 aromatic heterocycles. The number of amides is 1. The fraction of sp³-hybridized carbons (Fsp3) is 0.370. The van der Waals surface area contributed by atoms with Crippen molar-refractivity contribution in [2.45, 2.75) is 57.3 Å². The average Bonchev–Trinajstić information content (AvgIpc) is 3.51. The first kappa shape index (κ1) is 24.4. The number of aromatic nitrogens is 5. The summed E-state index contributed by atoms with van der Waals surface area (Å²) in [6.07, 6.45) is 9.95. The third-order valence-corrected chi connectivity index (χ3v) is 6.82. The fourth-order valence-corrected chi connectivity index (χ4v) is 4.96. The number of hydrogen-bond donors (Lipinski definition) is 2. The molecule has 0 aromatic carbocycles. The van der Waals surface area contributed by atoms with E-state index in [0.717, 1.165) is 5.39 Å². The van der Waals surface area contributed by atoms with Crippen molar-refractivity contribution in [2.75, 3.05) is 5.32 Å². The monoisotopic (exact) mass is 500 g/mol. The molecule has 1 saturated carbocycles. The van der Waals surface area contributed by atoms with E-state index in [9.17, 15) is 4.79 Å². The number of carbonyl (C=O) groups is 1. The lowest BCUT2D eigenvalue weighted by Gasteiger charge is -2.33. The van der Waals surface area contributed by atoms with Crippen molar-refractivity contribution >= 4 is 22.6 Å². The Morgan fingerprint density at radius 1 is 1.19 bits per heavy atom. The summed E-state index contributed by atoms with van der Waals surface area (Å²) < 4.78 is 19.1. The predicted octanol–water partition coefficient (Wildman–Crippen LogP) is 4.38. The molecule has 1 aliphatic rings. The molecular formula is C27H29FN8O. The predicted molar refractivity (Wildman–Crippen MR) is 138 cm³/mol. The van der Waals surface area contributed by atoms with Gasteiger partial charge >= 0.3 is 0 Å². The SMILES string of the molecule is CC(C)Nc1cc(-n2ccc3cc(C#N)cnc32)ncc1C(=O)N[C@H]1CC[C@@](F)(c2nccn2C)CC1. The van der Waals surface area contributed by atoms with Crippen molar-refractivity contribution in [3.8, 4) is 11.9 Å². The molecule has 5 rings (SSSR count). The third kappa shape index (κ3) is 4.77. The number of rotatable bonds is 6. The van der Waals surface area contributed by atoms with Crippen LogP contribution in [-0.2, 0) is 12.7 Å². The molecule has 0 spiro atoms. The second kappa shape index (κ2) is 9.65. The lowest BCUT2D eigenvalue weighted by molar-refractivity contribution is 0.0706. The maximum Gasteiger partial charge on any atom is 0.255 e. The first-order valence-electron chi connectivity index (χ1n) is 12.4. The van der Waals surface area contributed by atoms with Crippen molar-refractivity contribution in [2.24, 2.45) is 7.05 Å². The van der Waals surface area contributed by atoms with Gasteiger partial charge in [0.25, 0.3) is 5.91 Å². The summed E-state index contributed by atoms with van der Waals surface area (Å²) in [5, 5.41) is 16.4. The van der Waals surface area contributed by atoms with Gasteiger partial charge in [-0.15, -0.1) is 0 Å². The van der Waals surface area contributed by atoms with Gasteiger partial charge in [0.05, 0.1) is 16.8 Å². The zero-order valence-electron chi connectivity index (χ0n) is 21.1. The van der Waals surface area contributed by atoms with Crippen LogP contribution >= 0.6 is 0 Å². The highest BCUT2D eigenvalue weighted by molar-refractivity contribution is 5.99. The van der Waals surface area contributed by atoms with E-state index < -0.39 is 5.67 Å². The Kier molecular flexibility index (Phi) is 6.38. The minimum atomic E-state index is -1.48. The number of anilines is 1. The number of nitrogens with zero attached hydrogens (tertiary/aromatic N) is 6. The number of nitriles is 1. The molecule has 1 amide bonds. The fourth-order valence-electron chi connectivity index (χ4n) is 4.96. The molecule has 4 aromatic rings. The van der Waals surface area contributed by atoms with Crippen molar-refractivity contribution in [3.63, 3.8) is 0 Å². The van der Waals surface area contributed by atoms with E-state index in [-0.39, 0.29) is 18.0 Å². The van der Waals surface area contributed by atoms with Gasteiger partial charge < -0.3 is 15.2 Å². The van der Waals surface area contributed by atoms with Crippen LogP contribution in [0.2, 0.25) is 0 Å². The van der Waals surface area contributed by atoms with E-state index in [1.54, 1.807) is 36.3 Å². The van der Waals surface area contributed by atoms with Gasteiger partial charge in [-0.1, -0.05) is 0 Å². The Hall–Kier alpha value is -4.26. The minimum absolute atomic E-state index is 0.0825. The number of aryl methyl sites for hydroxylation is 1. The number of halogens is 1. The van der Waals surface area contributed by atoms with E-state index >= 15 is 4.39 Å². The number of pyridine rings is 2. The Morgan fingerprint density at radius 2 is 1.97 bits per heavy atom. The third-order valence-electron chi connectivity index (χ3n) is 6.82. The van der Waals surface area contributed by atoms with E-state index in [4.69, 9.17) is 5.26 Å². The van der Waals surface area contributed by atoms with Gasteiger partial charge in [-0.2, -0.15) is 5.26 Å². The number of alkyl halides is 1. The Labute approximate surface area is 214 Å². The molecule has 0 saturated heterocycles. The molecule has 190 valence electrons. The highest BCUT2D eigenvalue weighted by Crippen LogP contribution is 2.40. The van der Waals surface area contributed by atoms with Gasteiger partial charge in [-0.3, -0.25) is 9.36 Å². The molecular weight excluding hydrogens is 471 g/mol. The number of fused-ring (bicyclic) bond motifs is 1. The van der Waals surface area contributed by atoms with Gasteiger partial charge in [0.2, 0.25) is 0 Å². The van der Waals surface area contributed by atoms with E-state index in [1.807, 2.05) is 36.7 Å². The molecule has 4 heterocycles. The van der Waals surface area contributed by atoms with Crippen LogP contribution in [0, 0.1) is 11.3 Å². The molecule has 37 heavy (non-hydrogen) atoms. The van der Waals surface area contributed by atoms with E-state index in [0.29, 0.717) is 59.8 Å². The van der Waals surface area contributed by atoms with Gasteiger partial charge in [0.1, 0.15) is 23.4 Å². The van der Waals surface area contributed by atoms with Crippen LogP contribution in [0.4, 0.5) is 10.1 Å². The van der Waals surface area contributed by atoms with Crippen LogP contribution in [0.5, 0.6) is 0 Å². The maximum atomic E-state index is 15.5. The van der Waals surface area contributed by atoms with Crippen LogP contribution in [0.1, 0.15) is 61.3 Å². The van der Waals surface area contributed by atoms with Gasteiger partial charge in [-0.25, -0.2) is 19.3 Å². The molecule has 0 unspecified atom stereocenters. The topological polar surface area (TPSA) is 113 Å². The van der Waals surface area contributed by atoms with Crippen molar-refractivity contribution in [3.05, 3.63) is 66.1 Å². The lowest BCUT2D eigenvalue weighted by atomic mass is 9.82. The van der Waals surface area contributed by atoms with Crippen LogP contribution in [0.15, 0.2) is 49.2 Å². The number of nitrogens with one attached hydrogen (secondary N) is 2. The van der Waals surface area contributed by atoms with Crippen molar-refractivity contribution in [1.29, 1.82) is 5.26 Å². The van der Waals surface area contributed by atoms with Crippen LogP contribution in [0.25, 0.3) is 16.9 Å². The highest BCUT2D eigenvalue weighted by atomic mass is 19.1. The van der Waals surface area contributed by atoms with Crippen LogP contribution in [0.3, 0.4) is 0 Å². The summed E-state index contributed by atoms with van der Waals surface area (Å²) in [5.74, 6) is 0.794. The molecule has 1 aliphatic carbocycles. The molecule has 0 aliphatic heterocycles. The van der Waals surface area contributed by atoms with Crippen LogP contribution < -0.4 is 10.6 Å². The molecule has 0 atom stereocenters. The quantitative estimate of drug-likeness (QED) is 0.406. The molecule has 9 nitrogen and oxygen atoms in total. The summed E-state index contributed by atoms with van der Waals surface area (Å²) in [4.78, 5) is 26.5. The summed E-state index contributed by atoms with van der Waals surface area (Å²) in [5.41, 5.74) is 0.754. The maximum absolute atomic E-state index is 15.5. The number of imidazole rings is 1. The molecule has 10 heteroatoms. The average molecular weight is 501 g/mol. The molecule has 0 radical (unpaired) electrons. The van der Waals surface area contributed by atoms with Gasteiger partial charge in [0.15, 0.2) is 5.67 Å². The highest BCUT2D eigenvalue weighted by Gasteiger charge is 2.40. The first-order chi connectivity index (χ1) is 17.8. The Morgan fingerprint density at radius 3 is 2.65 bits per heavy atom. The Balaban J connectivity index is 1.35. The second-order valence-corrected chi connectivity index (χ2v) is 9.90. The minimum Gasteiger partial charge on any atom is -0.382 e. The normalized spacial score (nSPS) is 19.6. The molecule has 2 N–H and O–H groups in total. The van der Waals surface area contributed by atoms with E-state index in [2.05, 4.69) is 31.7 Å². The van der Waals surface area contributed by atoms with Gasteiger partial charge in [-0.05, 0) is 51.7 Å². The molecule has 1 fully saturated rings. The summed E-state index contributed by atoms with van der Waals surface area (Å²) >= 11 is 0. The summed E-state index contributed by atoms with van der Waals surface area (Å²) in [7, 11) is 1.80. The van der Waals surface area contributed by atoms with Gasteiger partial charge in [0, 0.05) is 61.6 Å². The summed E-state index contributed by atoms with van der Waals surface area (Å²) in [6.45, 7) is 3.99. The van der Waals surface area contributed by atoms with E-state index in [1.165, 1.54) is 6.20 Å². The standard InChI is InChI=1S/C27H29FN8O/c1-17(2)33-22-13-23(36-10-6-19-12-18(14-29)15-32-24(19)36)31-16-21(22)25(37)34-20-4-7-27(28,8-5-20)26-30-9-11-35(26)3/h6,9-13,15-17,20H,4-5,7-8H2,1-3H3,(H,31,33)(H,34,37)/t20-,27-. The smallest absolute Gasteiger partial charge is 0.255 e. The molecule has 0 bridgehead atoms. The number of hydrogen-bond acceptors (Lipinski definition) is 6. The first-order valence-corrected chi connectivity index (χ1v) is 12.4. The zero-order chi connectivity index (χ0) is 26.2. The van der Waals surface area contributed by atoms with Crippen molar-refractivity contribution in [1.82, 2.24) is 29.4 Å². The zero-order valence-corrected chi connectivity index (χ0v) is 21.1. The van der Waals surface area contributed by atoms with Crippen LogP contribution in [-0.4, -0.2) is 42.1 Å². The number of carbonyl (C=O) groups excluding carboxylic acids is 1. The van der Waals surface area contributed by atoms with Crippen molar-refractivity contribution < 1.29 is 9.18 Å².